The predicted octanol–water partition coefficient (Wildman–Crippen LogP) is 3.25. The van der Waals surface area contributed by atoms with Crippen molar-refractivity contribution in [3.63, 3.8) is 0 Å². The summed E-state index contributed by atoms with van der Waals surface area (Å²) in [5.41, 5.74) is 1.62. The number of likely N-dealkylation sites (tertiary alicyclic amines) is 1. The maximum absolute atomic E-state index is 12.4. The lowest BCUT2D eigenvalue weighted by molar-refractivity contribution is 0.162. The molecule has 1 aliphatic rings. The van der Waals surface area contributed by atoms with Crippen molar-refractivity contribution in [3.05, 3.63) is 36.4 Å². The molecule has 0 radical (unpaired) electrons. The molecule has 0 bridgehead atoms. The van der Waals surface area contributed by atoms with Gasteiger partial charge in [-0.25, -0.2) is 4.79 Å². The Hall–Kier alpha value is -2.41. The standard InChI is InChI=1S/C21H31N5O2/c1-16(2)14-26-9-6-17(7-10-26)12-23-21(27)25(3)15-19-11-20(24-28-19)18-5-4-8-22-13-18/h4-5,8,11,13,16-17H,6-7,9-10,12,14-15H2,1-3H3,(H,23,27). The molecule has 0 aliphatic carbocycles. The fraction of sp³-hybridized carbons (Fsp3) is 0.571. The smallest absolute Gasteiger partial charge is 0.317 e. The third-order valence-electron chi connectivity index (χ3n) is 5.13. The lowest BCUT2D eigenvalue weighted by Gasteiger charge is -2.33. The first-order valence-electron chi connectivity index (χ1n) is 10.1. The van der Waals surface area contributed by atoms with Crippen LogP contribution in [0.15, 0.2) is 35.1 Å². The summed E-state index contributed by atoms with van der Waals surface area (Å²) >= 11 is 0. The van der Waals surface area contributed by atoms with Crippen LogP contribution in [-0.2, 0) is 6.54 Å². The van der Waals surface area contributed by atoms with E-state index in [0.717, 1.165) is 43.7 Å². The molecule has 3 rings (SSSR count). The van der Waals surface area contributed by atoms with Crippen LogP contribution in [0.5, 0.6) is 0 Å². The number of urea groups is 1. The Kier molecular flexibility index (Phi) is 7.03. The highest BCUT2D eigenvalue weighted by Gasteiger charge is 2.21. The zero-order chi connectivity index (χ0) is 19.9. The van der Waals surface area contributed by atoms with Gasteiger partial charge in [0.05, 0.1) is 6.54 Å². The van der Waals surface area contributed by atoms with E-state index < -0.39 is 0 Å². The Morgan fingerprint density at radius 2 is 2.18 bits per heavy atom. The van der Waals surface area contributed by atoms with Crippen molar-refractivity contribution in [1.82, 2.24) is 25.3 Å². The highest BCUT2D eigenvalue weighted by molar-refractivity contribution is 5.73. The number of carbonyl (C=O) groups excluding carboxylic acids is 1. The molecule has 0 spiro atoms. The van der Waals surface area contributed by atoms with Crippen molar-refractivity contribution in [1.29, 1.82) is 0 Å². The SMILES string of the molecule is CC(C)CN1CCC(CNC(=O)N(C)Cc2cc(-c3cccnc3)no2)CC1. The van der Waals surface area contributed by atoms with Gasteiger partial charge in [0.1, 0.15) is 5.69 Å². The lowest BCUT2D eigenvalue weighted by atomic mass is 9.96. The summed E-state index contributed by atoms with van der Waals surface area (Å²) in [5, 5.41) is 7.13. The van der Waals surface area contributed by atoms with Gasteiger partial charge in [-0.15, -0.1) is 0 Å². The molecular formula is C21H31N5O2. The van der Waals surface area contributed by atoms with Crippen molar-refractivity contribution in [2.24, 2.45) is 11.8 Å². The molecule has 0 atom stereocenters. The fourth-order valence-corrected chi connectivity index (χ4v) is 3.60. The van der Waals surface area contributed by atoms with Crippen molar-refractivity contribution in [2.75, 3.05) is 33.2 Å². The molecule has 1 aliphatic heterocycles. The second-order valence-corrected chi connectivity index (χ2v) is 8.10. The minimum absolute atomic E-state index is 0.0797. The molecule has 1 N–H and O–H groups in total. The number of nitrogens with one attached hydrogen (secondary N) is 1. The van der Waals surface area contributed by atoms with Gasteiger partial charge in [-0.2, -0.15) is 0 Å². The molecular weight excluding hydrogens is 354 g/mol. The fourth-order valence-electron chi connectivity index (χ4n) is 3.60. The summed E-state index contributed by atoms with van der Waals surface area (Å²) < 4.78 is 5.37. The molecule has 1 saturated heterocycles. The van der Waals surface area contributed by atoms with Gasteiger partial charge in [0.25, 0.3) is 0 Å². The van der Waals surface area contributed by atoms with Gasteiger partial charge in [0.2, 0.25) is 0 Å². The highest BCUT2D eigenvalue weighted by Crippen LogP contribution is 2.19. The maximum Gasteiger partial charge on any atom is 0.317 e. The Morgan fingerprint density at radius 1 is 1.39 bits per heavy atom. The summed E-state index contributed by atoms with van der Waals surface area (Å²) in [5.74, 6) is 1.92. The number of hydrogen-bond acceptors (Lipinski definition) is 5. The number of piperidine rings is 1. The Labute approximate surface area is 167 Å². The van der Waals surface area contributed by atoms with Crippen LogP contribution in [0.4, 0.5) is 4.79 Å². The normalized spacial score (nSPS) is 15.7. The quantitative estimate of drug-likeness (QED) is 0.792. The third-order valence-corrected chi connectivity index (χ3v) is 5.13. The van der Waals surface area contributed by atoms with Crippen LogP contribution >= 0.6 is 0 Å². The molecule has 28 heavy (non-hydrogen) atoms. The average Bonchev–Trinajstić information content (AvgIpc) is 3.16. The number of aromatic nitrogens is 2. The summed E-state index contributed by atoms with van der Waals surface area (Å²) in [4.78, 5) is 20.6. The van der Waals surface area contributed by atoms with Crippen LogP contribution in [0.25, 0.3) is 11.3 Å². The van der Waals surface area contributed by atoms with E-state index in [-0.39, 0.29) is 6.03 Å². The number of amides is 2. The van der Waals surface area contributed by atoms with E-state index in [9.17, 15) is 4.79 Å². The van der Waals surface area contributed by atoms with Crippen LogP contribution in [0.3, 0.4) is 0 Å². The second kappa shape index (κ2) is 9.68. The lowest BCUT2D eigenvalue weighted by Crippen LogP contribution is -2.43. The second-order valence-electron chi connectivity index (χ2n) is 8.10. The van der Waals surface area contributed by atoms with Gasteiger partial charge in [-0.05, 0) is 49.9 Å². The Morgan fingerprint density at radius 3 is 2.86 bits per heavy atom. The summed E-state index contributed by atoms with van der Waals surface area (Å²) in [7, 11) is 1.77. The van der Waals surface area contributed by atoms with Crippen molar-refractivity contribution >= 4 is 6.03 Å². The molecule has 2 aromatic heterocycles. The Balaban J connectivity index is 1.41. The molecule has 152 valence electrons. The molecule has 3 heterocycles. The molecule has 7 heteroatoms. The Bertz CT molecular complexity index is 738. The van der Waals surface area contributed by atoms with E-state index in [1.807, 2.05) is 18.2 Å². The average molecular weight is 386 g/mol. The first-order valence-corrected chi connectivity index (χ1v) is 10.1. The van der Waals surface area contributed by atoms with Gasteiger partial charge >= 0.3 is 6.03 Å². The predicted molar refractivity (Wildman–Crippen MR) is 109 cm³/mol. The molecule has 0 unspecified atom stereocenters. The van der Waals surface area contributed by atoms with E-state index in [4.69, 9.17) is 4.52 Å². The van der Waals surface area contributed by atoms with E-state index in [0.29, 0.717) is 24.1 Å². The molecule has 2 amide bonds. The van der Waals surface area contributed by atoms with E-state index in [1.165, 1.54) is 6.54 Å². The van der Waals surface area contributed by atoms with Crippen molar-refractivity contribution in [3.8, 4) is 11.3 Å². The number of hydrogen-bond donors (Lipinski definition) is 1. The highest BCUT2D eigenvalue weighted by atomic mass is 16.5. The molecule has 1 fully saturated rings. The minimum atomic E-state index is -0.0797. The van der Waals surface area contributed by atoms with Crippen LogP contribution in [0.1, 0.15) is 32.4 Å². The van der Waals surface area contributed by atoms with E-state index >= 15 is 0 Å². The number of rotatable bonds is 7. The first kappa shape index (κ1) is 20.3. The summed E-state index contributed by atoms with van der Waals surface area (Å²) in [6.07, 6.45) is 5.75. The van der Waals surface area contributed by atoms with Crippen LogP contribution < -0.4 is 5.32 Å². The van der Waals surface area contributed by atoms with Gasteiger partial charge in [0.15, 0.2) is 5.76 Å². The van der Waals surface area contributed by atoms with Crippen LogP contribution in [-0.4, -0.2) is 59.2 Å². The van der Waals surface area contributed by atoms with Crippen molar-refractivity contribution in [2.45, 2.75) is 33.2 Å². The number of pyridine rings is 1. The van der Waals surface area contributed by atoms with E-state index in [1.54, 1.807) is 24.3 Å². The third kappa shape index (κ3) is 5.79. The topological polar surface area (TPSA) is 74.5 Å². The van der Waals surface area contributed by atoms with Crippen LogP contribution in [0.2, 0.25) is 0 Å². The van der Waals surface area contributed by atoms with Crippen molar-refractivity contribution < 1.29 is 9.32 Å². The van der Waals surface area contributed by atoms with Gasteiger partial charge < -0.3 is 19.6 Å². The summed E-state index contributed by atoms with van der Waals surface area (Å²) in [6, 6.07) is 5.56. The molecule has 0 aromatic carbocycles. The summed E-state index contributed by atoms with van der Waals surface area (Å²) in [6.45, 7) is 9.06. The largest absolute Gasteiger partial charge is 0.359 e. The zero-order valence-corrected chi connectivity index (χ0v) is 17.1. The first-order chi connectivity index (χ1) is 13.5. The van der Waals surface area contributed by atoms with E-state index in [2.05, 4.69) is 34.2 Å². The van der Waals surface area contributed by atoms with Crippen LogP contribution in [0, 0.1) is 11.8 Å². The zero-order valence-electron chi connectivity index (χ0n) is 17.1. The minimum Gasteiger partial charge on any atom is -0.359 e. The van der Waals surface area contributed by atoms with Gasteiger partial charge in [-0.3, -0.25) is 4.98 Å². The van der Waals surface area contributed by atoms with Gasteiger partial charge in [0, 0.05) is 44.2 Å². The molecule has 0 saturated carbocycles. The maximum atomic E-state index is 12.4. The number of carbonyl (C=O) groups is 1. The van der Waals surface area contributed by atoms with Gasteiger partial charge in [-0.1, -0.05) is 19.0 Å². The number of nitrogens with zero attached hydrogens (tertiary/aromatic N) is 4. The molecule has 7 nitrogen and oxygen atoms in total. The monoisotopic (exact) mass is 385 g/mol. The molecule has 2 aromatic rings.